The molecule has 2 atom stereocenters. The molecule has 0 bridgehead atoms. The summed E-state index contributed by atoms with van der Waals surface area (Å²) in [6.45, 7) is 2.16. The Morgan fingerprint density at radius 1 is 0.625 bits per heavy atom. The van der Waals surface area contributed by atoms with Gasteiger partial charge in [-0.3, -0.25) is 0 Å². The first-order chi connectivity index (χ1) is 15.8. The van der Waals surface area contributed by atoms with Crippen LogP contribution >= 0.6 is 0 Å². The number of aromatic amines is 2. The van der Waals surface area contributed by atoms with Gasteiger partial charge in [0.05, 0.1) is 35.9 Å². The van der Waals surface area contributed by atoms with Crippen LogP contribution in [0.5, 0.6) is 0 Å². The van der Waals surface area contributed by atoms with E-state index < -0.39 is 0 Å². The second kappa shape index (κ2) is 7.15. The molecule has 2 aromatic carbocycles. The fourth-order valence-corrected chi connectivity index (χ4v) is 5.43. The van der Waals surface area contributed by atoms with Crippen molar-refractivity contribution in [3.8, 4) is 44.8 Å². The number of hydrogen-bond donors (Lipinski definition) is 4. The zero-order valence-corrected chi connectivity index (χ0v) is 17.9. The van der Waals surface area contributed by atoms with Gasteiger partial charge in [-0.05, 0) is 73.2 Å². The fourth-order valence-electron chi connectivity index (χ4n) is 5.43. The Bertz CT molecular complexity index is 1190. The van der Waals surface area contributed by atoms with E-state index in [1.165, 1.54) is 46.2 Å². The maximum absolute atomic E-state index is 4.63. The van der Waals surface area contributed by atoms with Crippen LogP contribution in [0, 0.1) is 0 Å². The summed E-state index contributed by atoms with van der Waals surface area (Å²) in [7, 11) is 0. The van der Waals surface area contributed by atoms with Crippen LogP contribution in [-0.2, 0) is 0 Å². The lowest BCUT2D eigenvalue weighted by Gasteiger charge is -2.25. The van der Waals surface area contributed by atoms with Crippen LogP contribution in [0.2, 0.25) is 0 Å². The Balaban J connectivity index is 1.16. The van der Waals surface area contributed by atoms with E-state index in [9.17, 15) is 0 Å². The largest absolute Gasteiger partial charge is 0.341 e. The van der Waals surface area contributed by atoms with Crippen LogP contribution in [0.25, 0.3) is 44.8 Å². The Morgan fingerprint density at radius 3 is 1.56 bits per heavy atom. The molecule has 4 heterocycles. The Hall–Kier alpha value is -3.22. The molecule has 6 nitrogen and oxygen atoms in total. The van der Waals surface area contributed by atoms with Gasteiger partial charge in [-0.15, -0.1) is 0 Å². The summed E-state index contributed by atoms with van der Waals surface area (Å²) in [5.41, 5.74) is 9.84. The van der Waals surface area contributed by atoms with Gasteiger partial charge >= 0.3 is 0 Å². The third-order valence-electron chi connectivity index (χ3n) is 7.21. The summed E-state index contributed by atoms with van der Waals surface area (Å²) < 4.78 is 0. The molecule has 160 valence electrons. The van der Waals surface area contributed by atoms with E-state index in [2.05, 4.69) is 67.0 Å². The third-order valence-corrected chi connectivity index (χ3v) is 7.21. The second-order valence-electron chi connectivity index (χ2n) is 9.18. The number of nitrogens with zero attached hydrogens (tertiary/aromatic N) is 2. The van der Waals surface area contributed by atoms with Crippen LogP contribution in [0.4, 0.5) is 0 Å². The predicted octanol–water partition coefficient (Wildman–Crippen LogP) is 4.96. The van der Waals surface area contributed by atoms with Gasteiger partial charge in [0.1, 0.15) is 11.6 Å². The Morgan fingerprint density at radius 2 is 1.12 bits per heavy atom. The molecule has 0 saturated carbocycles. The molecule has 7 rings (SSSR count). The smallest absolute Gasteiger partial charge is 0.123 e. The van der Waals surface area contributed by atoms with Crippen molar-refractivity contribution < 1.29 is 0 Å². The number of nitrogens with one attached hydrogen (secondary N) is 4. The van der Waals surface area contributed by atoms with Crippen molar-refractivity contribution in [2.24, 2.45) is 0 Å². The average Bonchev–Trinajstić information content (AvgIpc) is 3.63. The van der Waals surface area contributed by atoms with Gasteiger partial charge in [0.25, 0.3) is 0 Å². The highest BCUT2D eigenvalue weighted by Gasteiger charge is 2.25. The molecule has 0 amide bonds. The molecule has 1 aliphatic carbocycles. The Labute approximate surface area is 186 Å². The number of benzene rings is 2. The number of imidazole rings is 2. The highest BCUT2D eigenvalue weighted by atomic mass is 15.0. The average molecular weight is 423 g/mol. The maximum atomic E-state index is 4.63. The van der Waals surface area contributed by atoms with Gasteiger partial charge in [-0.1, -0.05) is 24.3 Å². The molecule has 0 spiro atoms. The zero-order valence-electron chi connectivity index (χ0n) is 17.9. The van der Waals surface area contributed by atoms with Crippen LogP contribution in [0.15, 0.2) is 48.8 Å². The molecular formula is C26H26N6. The summed E-state index contributed by atoms with van der Waals surface area (Å²) in [6.07, 6.45) is 8.68. The third kappa shape index (κ3) is 2.87. The minimum Gasteiger partial charge on any atom is -0.341 e. The van der Waals surface area contributed by atoms with Crippen molar-refractivity contribution in [2.45, 2.75) is 37.8 Å². The molecule has 3 aliphatic rings. The molecule has 2 aliphatic heterocycles. The molecular weight excluding hydrogens is 396 g/mol. The van der Waals surface area contributed by atoms with E-state index in [1.807, 2.05) is 12.4 Å². The van der Waals surface area contributed by atoms with Gasteiger partial charge in [-0.25, -0.2) is 9.97 Å². The van der Waals surface area contributed by atoms with E-state index in [0.29, 0.717) is 12.1 Å². The standard InChI is InChI=1S/C26H26N6/c1-3-21(27-9-1)25-29-13-23(31-25)15-5-7-17-19(11-15)18-8-6-16(12-20(17)18)24-14-30-26(32-24)22-4-2-10-28-22/h5-8,11-14,21-22,27-28H,1-4,9-10H2,(H,29,31)(H,30,32)/t21-,22-/m0/s1. The molecule has 32 heavy (non-hydrogen) atoms. The highest BCUT2D eigenvalue weighted by molar-refractivity contribution is 6.04. The van der Waals surface area contributed by atoms with E-state index in [0.717, 1.165) is 49.0 Å². The lowest BCUT2D eigenvalue weighted by molar-refractivity contribution is 0.613. The minimum atomic E-state index is 0.363. The van der Waals surface area contributed by atoms with Crippen LogP contribution in [0.1, 0.15) is 49.4 Å². The van der Waals surface area contributed by atoms with Crippen molar-refractivity contribution in [1.82, 2.24) is 30.6 Å². The zero-order chi connectivity index (χ0) is 21.1. The van der Waals surface area contributed by atoms with Crippen molar-refractivity contribution in [3.63, 3.8) is 0 Å². The van der Waals surface area contributed by atoms with Gasteiger partial charge in [0.2, 0.25) is 0 Å². The summed E-state index contributed by atoms with van der Waals surface area (Å²) >= 11 is 0. The molecule has 0 radical (unpaired) electrons. The van der Waals surface area contributed by atoms with Gasteiger partial charge in [0, 0.05) is 11.1 Å². The van der Waals surface area contributed by atoms with E-state index in [1.54, 1.807) is 0 Å². The normalized spacial score (nSPS) is 21.4. The number of H-pyrrole nitrogens is 2. The first-order valence-electron chi connectivity index (χ1n) is 11.7. The SMILES string of the molecule is c1cc2c(cc1-c1cnc([C@@H]3CCCN3)[nH]1)-c1ccc(-c3cnc([C@@H]4CCCN4)[nH]3)cc1-2. The van der Waals surface area contributed by atoms with E-state index in [4.69, 9.17) is 0 Å². The molecule has 2 fully saturated rings. The van der Waals surface area contributed by atoms with Crippen molar-refractivity contribution in [2.75, 3.05) is 13.1 Å². The summed E-state index contributed by atoms with van der Waals surface area (Å²) in [5.74, 6) is 2.11. The van der Waals surface area contributed by atoms with Crippen molar-refractivity contribution in [1.29, 1.82) is 0 Å². The number of aromatic nitrogens is 4. The number of fused-ring (bicyclic) bond motifs is 4. The lowest BCUT2D eigenvalue weighted by Crippen LogP contribution is -2.14. The van der Waals surface area contributed by atoms with E-state index in [-0.39, 0.29) is 0 Å². The molecule has 4 N–H and O–H groups in total. The predicted molar refractivity (Wildman–Crippen MR) is 126 cm³/mol. The van der Waals surface area contributed by atoms with Crippen molar-refractivity contribution in [3.05, 3.63) is 60.4 Å². The van der Waals surface area contributed by atoms with Gasteiger partial charge in [-0.2, -0.15) is 0 Å². The lowest BCUT2D eigenvalue weighted by atomic mass is 9.78. The van der Waals surface area contributed by atoms with Crippen LogP contribution in [0.3, 0.4) is 0 Å². The molecule has 2 saturated heterocycles. The fraction of sp³-hybridized carbons (Fsp3) is 0.308. The van der Waals surface area contributed by atoms with Gasteiger partial charge < -0.3 is 20.6 Å². The quantitative estimate of drug-likeness (QED) is 0.330. The summed E-state index contributed by atoms with van der Waals surface area (Å²) in [5, 5.41) is 7.03. The highest BCUT2D eigenvalue weighted by Crippen LogP contribution is 2.49. The Kier molecular flexibility index (Phi) is 4.10. The van der Waals surface area contributed by atoms with E-state index >= 15 is 0 Å². The molecule has 4 aromatic rings. The van der Waals surface area contributed by atoms with Gasteiger partial charge in [0.15, 0.2) is 0 Å². The first-order valence-corrected chi connectivity index (χ1v) is 11.7. The van der Waals surface area contributed by atoms with Crippen LogP contribution < -0.4 is 10.6 Å². The second-order valence-corrected chi connectivity index (χ2v) is 9.18. The maximum Gasteiger partial charge on any atom is 0.123 e. The summed E-state index contributed by atoms with van der Waals surface area (Å²) in [6, 6.07) is 14.2. The molecule has 6 heteroatoms. The summed E-state index contributed by atoms with van der Waals surface area (Å²) in [4.78, 5) is 16.3. The molecule has 2 aromatic heterocycles. The topological polar surface area (TPSA) is 81.4 Å². The first kappa shape index (κ1) is 18.4. The number of rotatable bonds is 4. The van der Waals surface area contributed by atoms with Crippen molar-refractivity contribution >= 4 is 0 Å². The molecule has 0 unspecified atom stereocenters. The monoisotopic (exact) mass is 422 g/mol. The minimum absolute atomic E-state index is 0.363. The van der Waals surface area contributed by atoms with Crippen LogP contribution in [-0.4, -0.2) is 33.0 Å². The number of hydrogen-bond acceptors (Lipinski definition) is 4.